The molecule has 1 aromatic heterocycles. The Bertz CT molecular complexity index is 598. The molecule has 0 spiro atoms. The molecular weight excluding hydrogens is 270 g/mol. The summed E-state index contributed by atoms with van der Waals surface area (Å²) < 4.78 is 10.4. The van der Waals surface area contributed by atoms with Gasteiger partial charge < -0.3 is 14.6 Å². The Kier molecular flexibility index (Phi) is 3.87. The van der Waals surface area contributed by atoms with Gasteiger partial charge >= 0.3 is 5.97 Å². The molecule has 0 bridgehead atoms. The minimum absolute atomic E-state index is 0.0973. The summed E-state index contributed by atoms with van der Waals surface area (Å²) in [5.41, 5.74) is 0.0973. The highest BCUT2D eigenvalue weighted by molar-refractivity contribution is 6.32. The summed E-state index contributed by atoms with van der Waals surface area (Å²) in [6.07, 6.45) is 1.51. The summed E-state index contributed by atoms with van der Waals surface area (Å²) in [5.74, 6) is 0.241. The Hall–Kier alpha value is -2.27. The van der Waals surface area contributed by atoms with Gasteiger partial charge in [-0.2, -0.15) is 0 Å². The molecule has 19 heavy (non-hydrogen) atoms. The molecule has 0 atom stereocenters. The van der Waals surface area contributed by atoms with Crippen LogP contribution in [0.3, 0.4) is 0 Å². The van der Waals surface area contributed by atoms with Crippen molar-refractivity contribution in [3.8, 4) is 17.4 Å². The third-order valence-electron chi connectivity index (χ3n) is 2.34. The van der Waals surface area contributed by atoms with Gasteiger partial charge in [-0.3, -0.25) is 0 Å². The quantitative estimate of drug-likeness (QED) is 0.930. The van der Waals surface area contributed by atoms with Crippen LogP contribution in [0, 0.1) is 0 Å². The van der Waals surface area contributed by atoms with Gasteiger partial charge in [-0.15, -0.1) is 0 Å². The van der Waals surface area contributed by atoms with E-state index in [0.29, 0.717) is 17.4 Å². The van der Waals surface area contributed by atoms with E-state index in [9.17, 15) is 4.79 Å². The summed E-state index contributed by atoms with van der Waals surface area (Å²) in [6.45, 7) is 0. The van der Waals surface area contributed by atoms with Crippen molar-refractivity contribution in [2.75, 3.05) is 7.11 Å². The standard InChI is InChI=1S/C13H10ClNO4/c1-18-9-3-5-12(15-7-9)19-11-4-2-8(13(16)17)6-10(11)14/h2-7H,1H3,(H,16,17). The summed E-state index contributed by atoms with van der Waals surface area (Å²) in [6, 6.07) is 7.54. The number of carboxylic acids is 1. The number of hydrogen-bond donors (Lipinski definition) is 1. The molecule has 0 aliphatic heterocycles. The Balaban J connectivity index is 2.20. The molecule has 0 saturated heterocycles. The zero-order valence-corrected chi connectivity index (χ0v) is 10.7. The van der Waals surface area contributed by atoms with Gasteiger partial charge in [0, 0.05) is 6.07 Å². The van der Waals surface area contributed by atoms with Crippen LogP contribution in [0.1, 0.15) is 10.4 Å². The molecule has 5 nitrogen and oxygen atoms in total. The Labute approximate surface area is 114 Å². The predicted octanol–water partition coefficient (Wildman–Crippen LogP) is 3.23. The minimum atomic E-state index is -1.05. The molecular formula is C13H10ClNO4. The number of aromatic nitrogens is 1. The number of nitrogens with zero attached hydrogens (tertiary/aromatic N) is 1. The molecule has 6 heteroatoms. The fraction of sp³-hybridized carbons (Fsp3) is 0.0769. The second-order valence-electron chi connectivity index (χ2n) is 3.59. The molecule has 98 valence electrons. The Morgan fingerprint density at radius 2 is 2.11 bits per heavy atom. The molecule has 0 aliphatic rings. The van der Waals surface area contributed by atoms with Crippen molar-refractivity contribution in [2.45, 2.75) is 0 Å². The van der Waals surface area contributed by atoms with Crippen molar-refractivity contribution < 1.29 is 19.4 Å². The van der Waals surface area contributed by atoms with Crippen LogP contribution in [0.15, 0.2) is 36.5 Å². The van der Waals surface area contributed by atoms with Crippen LogP contribution in [0.5, 0.6) is 17.4 Å². The number of hydrogen-bond acceptors (Lipinski definition) is 4. The molecule has 1 heterocycles. The lowest BCUT2D eigenvalue weighted by Crippen LogP contribution is -1.96. The Morgan fingerprint density at radius 3 is 2.63 bits per heavy atom. The van der Waals surface area contributed by atoms with Gasteiger partial charge in [-0.25, -0.2) is 9.78 Å². The fourth-order valence-electron chi connectivity index (χ4n) is 1.38. The molecule has 2 rings (SSSR count). The lowest BCUT2D eigenvalue weighted by atomic mass is 10.2. The first-order chi connectivity index (χ1) is 9.10. The first-order valence-electron chi connectivity index (χ1n) is 5.31. The number of benzene rings is 1. The first kappa shape index (κ1) is 13.2. The molecule has 0 amide bonds. The van der Waals surface area contributed by atoms with Gasteiger partial charge in [-0.1, -0.05) is 11.6 Å². The van der Waals surface area contributed by atoms with E-state index in [1.165, 1.54) is 24.4 Å². The minimum Gasteiger partial charge on any atom is -0.495 e. The summed E-state index contributed by atoms with van der Waals surface area (Å²) in [5, 5.41) is 9.03. The number of rotatable bonds is 4. The molecule has 0 fully saturated rings. The van der Waals surface area contributed by atoms with Crippen LogP contribution in [-0.2, 0) is 0 Å². The maximum absolute atomic E-state index is 10.8. The number of pyridine rings is 1. The molecule has 0 unspecified atom stereocenters. The number of methoxy groups -OCH3 is 1. The number of ether oxygens (including phenoxy) is 2. The summed E-state index contributed by atoms with van der Waals surface area (Å²) in [4.78, 5) is 14.8. The lowest BCUT2D eigenvalue weighted by molar-refractivity contribution is 0.0697. The van der Waals surface area contributed by atoms with E-state index in [4.69, 9.17) is 26.2 Å². The highest BCUT2D eigenvalue weighted by Crippen LogP contribution is 2.29. The van der Waals surface area contributed by atoms with Crippen LogP contribution in [0.4, 0.5) is 0 Å². The van der Waals surface area contributed by atoms with Gasteiger partial charge in [0.1, 0.15) is 11.5 Å². The normalized spacial score (nSPS) is 10.0. The largest absolute Gasteiger partial charge is 0.495 e. The monoisotopic (exact) mass is 279 g/mol. The van der Waals surface area contributed by atoms with Gasteiger partial charge in [0.2, 0.25) is 5.88 Å². The molecule has 0 radical (unpaired) electrons. The van der Waals surface area contributed by atoms with E-state index in [2.05, 4.69) is 4.98 Å². The van der Waals surface area contributed by atoms with Crippen LogP contribution < -0.4 is 9.47 Å². The van der Waals surface area contributed by atoms with Crippen LogP contribution >= 0.6 is 11.6 Å². The number of carboxylic acid groups (broad SMARTS) is 1. The van der Waals surface area contributed by atoms with E-state index in [-0.39, 0.29) is 10.6 Å². The topological polar surface area (TPSA) is 68.7 Å². The van der Waals surface area contributed by atoms with Gasteiger partial charge in [-0.05, 0) is 24.3 Å². The van der Waals surface area contributed by atoms with E-state index in [1.54, 1.807) is 19.2 Å². The first-order valence-corrected chi connectivity index (χ1v) is 5.68. The molecule has 1 aromatic carbocycles. The zero-order chi connectivity index (χ0) is 13.8. The Morgan fingerprint density at radius 1 is 1.32 bits per heavy atom. The van der Waals surface area contributed by atoms with Gasteiger partial charge in [0.05, 0.1) is 23.9 Å². The van der Waals surface area contributed by atoms with E-state index < -0.39 is 5.97 Å². The van der Waals surface area contributed by atoms with Gasteiger partial charge in [0.15, 0.2) is 0 Å². The molecule has 2 aromatic rings. The van der Waals surface area contributed by atoms with E-state index >= 15 is 0 Å². The van der Waals surface area contributed by atoms with Crippen LogP contribution in [-0.4, -0.2) is 23.2 Å². The molecule has 0 aliphatic carbocycles. The molecule has 1 N–H and O–H groups in total. The van der Waals surface area contributed by atoms with Crippen LogP contribution in [0.25, 0.3) is 0 Å². The van der Waals surface area contributed by atoms with Crippen molar-refractivity contribution in [3.05, 3.63) is 47.1 Å². The number of halogens is 1. The molecule has 0 saturated carbocycles. The van der Waals surface area contributed by atoms with Crippen molar-refractivity contribution in [2.24, 2.45) is 0 Å². The summed E-state index contributed by atoms with van der Waals surface area (Å²) >= 11 is 5.94. The fourth-order valence-corrected chi connectivity index (χ4v) is 1.60. The smallest absolute Gasteiger partial charge is 0.335 e. The van der Waals surface area contributed by atoms with E-state index in [0.717, 1.165) is 0 Å². The maximum Gasteiger partial charge on any atom is 0.335 e. The third kappa shape index (κ3) is 3.14. The van der Waals surface area contributed by atoms with Crippen LogP contribution in [0.2, 0.25) is 5.02 Å². The number of carbonyl (C=O) groups is 1. The SMILES string of the molecule is COc1ccc(Oc2ccc(C(=O)O)cc2Cl)nc1. The number of aromatic carboxylic acids is 1. The van der Waals surface area contributed by atoms with Crippen molar-refractivity contribution in [1.82, 2.24) is 4.98 Å². The predicted molar refractivity (Wildman–Crippen MR) is 69.3 cm³/mol. The third-order valence-corrected chi connectivity index (χ3v) is 2.63. The maximum atomic E-state index is 10.8. The highest BCUT2D eigenvalue weighted by Gasteiger charge is 2.09. The van der Waals surface area contributed by atoms with Crippen molar-refractivity contribution in [3.63, 3.8) is 0 Å². The lowest BCUT2D eigenvalue weighted by Gasteiger charge is -2.07. The second kappa shape index (κ2) is 5.58. The highest BCUT2D eigenvalue weighted by atomic mass is 35.5. The zero-order valence-electron chi connectivity index (χ0n) is 9.96. The summed E-state index contributed by atoms with van der Waals surface area (Å²) in [7, 11) is 1.54. The van der Waals surface area contributed by atoms with Crippen molar-refractivity contribution >= 4 is 17.6 Å². The second-order valence-corrected chi connectivity index (χ2v) is 4.00. The van der Waals surface area contributed by atoms with E-state index in [1.807, 2.05) is 0 Å². The van der Waals surface area contributed by atoms with Crippen molar-refractivity contribution in [1.29, 1.82) is 0 Å². The van der Waals surface area contributed by atoms with Gasteiger partial charge in [0.25, 0.3) is 0 Å². The average Bonchev–Trinajstić information content (AvgIpc) is 2.41. The average molecular weight is 280 g/mol.